The second kappa shape index (κ2) is 6.07. The molecule has 19 heavy (non-hydrogen) atoms. The minimum absolute atomic E-state index is 0.0611. The van der Waals surface area contributed by atoms with Crippen LogP contribution in [0.2, 0.25) is 0 Å². The van der Waals surface area contributed by atoms with E-state index in [2.05, 4.69) is 5.32 Å². The van der Waals surface area contributed by atoms with Gasteiger partial charge in [-0.1, -0.05) is 12.1 Å². The lowest BCUT2D eigenvalue weighted by Crippen LogP contribution is -2.49. The lowest BCUT2D eigenvalue weighted by molar-refractivity contribution is -0.0324. The summed E-state index contributed by atoms with van der Waals surface area (Å²) in [6, 6.07) is 7.81. The zero-order valence-corrected chi connectivity index (χ0v) is 12.5. The highest BCUT2D eigenvalue weighted by Crippen LogP contribution is 2.29. The van der Waals surface area contributed by atoms with E-state index in [4.69, 9.17) is 4.74 Å². The lowest BCUT2D eigenvalue weighted by Gasteiger charge is -2.36. The Balaban J connectivity index is 2.15. The SMILES string of the molecule is CSc1ccc(C(=O)C(C)(C)[C@H]2CNCCO2)cc1. The summed E-state index contributed by atoms with van der Waals surface area (Å²) < 4.78 is 5.74. The van der Waals surface area contributed by atoms with Gasteiger partial charge in [0, 0.05) is 23.5 Å². The Kier molecular flexibility index (Phi) is 4.66. The number of thioether (sulfide) groups is 1. The van der Waals surface area contributed by atoms with Crippen molar-refractivity contribution in [3.05, 3.63) is 29.8 Å². The maximum Gasteiger partial charge on any atom is 0.171 e. The Morgan fingerprint density at radius 1 is 1.37 bits per heavy atom. The Bertz CT molecular complexity index is 436. The van der Waals surface area contributed by atoms with Gasteiger partial charge in [-0.05, 0) is 32.2 Å². The van der Waals surface area contributed by atoms with E-state index in [0.29, 0.717) is 6.61 Å². The Morgan fingerprint density at radius 2 is 2.05 bits per heavy atom. The summed E-state index contributed by atoms with van der Waals surface area (Å²) in [7, 11) is 0. The third-order valence-electron chi connectivity index (χ3n) is 3.67. The van der Waals surface area contributed by atoms with Gasteiger partial charge in [0.05, 0.1) is 18.1 Å². The summed E-state index contributed by atoms with van der Waals surface area (Å²) in [6.07, 6.45) is 1.97. The summed E-state index contributed by atoms with van der Waals surface area (Å²) in [5, 5.41) is 3.28. The fourth-order valence-electron chi connectivity index (χ4n) is 2.29. The zero-order valence-electron chi connectivity index (χ0n) is 11.7. The maximum absolute atomic E-state index is 12.7. The van der Waals surface area contributed by atoms with Crippen LogP contribution in [-0.2, 0) is 4.74 Å². The van der Waals surface area contributed by atoms with Crippen molar-refractivity contribution in [3.8, 4) is 0 Å². The van der Waals surface area contributed by atoms with Gasteiger partial charge in [-0.25, -0.2) is 0 Å². The molecule has 1 aliphatic heterocycles. The minimum Gasteiger partial charge on any atom is -0.375 e. The van der Waals surface area contributed by atoms with Gasteiger partial charge < -0.3 is 10.1 Å². The Labute approximate surface area is 119 Å². The number of nitrogens with one attached hydrogen (secondary N) is 1. The summed E-state index contributed by atoms with van der Waals surface area (Å²) in [5.41, 5.74) is 0.255. The molecule has 1 atom stereocenters. The summed E-state index contributed by atoms with van der Waals surface area (Å²) >= 11 is 1.68. The molecule has 0 aromatic heterocycles. The number of ketones is 1. The predicted molar refractivity (Wildman–Crippen MR) is 78.9 cm³/mol. The highest BCUT2D eigenvalue weighted by atomic mass is 32.2. The van der Waals surface area contributed by atoms with Gasteiger partial charge in [-0.2, -0.15) is 0 Å². The third-order valence-corrected chi connectivity index (χ3v) is 4.41. The minimum atomic E-state index is -0.506. The number of Topliss-reactive ketones (excluding diaryl/α,β-unsaturated/α-hetero) is 1. The summed E-state index contributed by atoms with van der Waals surface area (Å²) in [4.78, 5) is 13.8. The molecule has 3 nitrogen and oxygen atoms in total. The molecule has 0 aliphatic carbocycles. The van der Waals surface area contributed by atoms with Gasteiger partial charge in [0.25, 0.3) is 0 Å². The van der Waals surface area contributed by atoms with Crippen LogP contribution < -0.4 is 5.32 Å². The largest absolute Gasteiger partial charge is 0.375 e. The molecule has 1 aromatic rings. The van der Waals surface area contributed by atoms with E-state index in [1.165, 1.54) is 4.90 Å². The molecule has 1 heterocycles. The predicted octanol–water partition coefficient (Wildman–Crippen LogP) is 2.61. The van der Waals surface area contributed by atoms with Crippen molar-refractivity contribution in [2.45, 2.75) is 24.8 Å². The molecule has 1 fully saturated rings. The van der Waals surface area contributed by atoms with Crippen LogP contribution in [-0.4, -0.2) is 37.8 Å². The number of benzene rings is 1. The van der Waals surface area contributed by atoms with Crippen LogP contribution in [0.1, 0.15) is 24.2 Å². The molecule has 0 bridgehead atoms. The lowest BCUT2D eigenvalue weighted by atomic mass is 9.78. The molecule has 0 unspecified atom stereocenters. The average molecular weight is 279 g/mol. The van der Waals surface area contributed by atoms with Crippen LogP contribution in [0.3, 0.4) is 0 Å². The number of carbonyl (C=O) groups excluding carboxylic acids is 1. The number of hydrogen-bond acceptors (Lipinski definition) is 4. The van der Waals surface area contributed by atoms with E-state index in [-0.39, 0.29) is 11.9 Å². The van der Waals surface area contributed by atoms with Crippen molar-refractivity contribution >= 4 is 17.5 Å². The van der Waals surface area contributed by atoms with Crippen LogP contribution in [0, 0.1) is 5.41 Å². The number of carbonyl (C=O) groups is 1. The summed E-state index contributed by atoms with van der Waals surface area (Å²) in [5.74, 6) is 0.147. The molecule has 0 saturated carbocycles. The van der Waals surface area contributed by atoms with Gasteiger partial charge in [0.15, 0.2) is 5.78 Å². The highest BCUT2D eigenvalue weighted by molar-refractivity contribution is 7.98. The fourth-order valence-corrected chi connectivity index (χ4v) is 2.70. The second-order valence-corrected chi connectivity index (χ2v) is 6.22. The van der Waals surface area contributed by atoms with E-state index in [0.717, 1.165) is 18.7 Å². The smallest absolute Gasteiger partial charge is 0.171 e. The van der Waals surface area contributed by atoms with Crippen LogP contribution >= 0.6 is 11.8 Å². The van der Waals surface area contributed by atoms with Crippen molar-refractivity contribution < 1.29 is 9.53 Å². The van der Waals surface area contributed by atoms with Crippen molar-refractivity contribution in [2.75, 3.05) is 26.0 Å². The fraction of sp³-hybridized carbons (Fsp3) is 0.533. The molecule has 0 spiro atoms. The zero-order chi connectivity index (χ0) is 13.9. The Hall–Kier alpha value is -0.840. The van der Waals surface area contributed by atoms with Crippen LogP contribution in [0.4, 0.5) is 0 Å². The van der Waals surface area contributed by atoms with Crippen LogP contribution in [0.25, 0.3) is 0 Å². The monoisotopic (exact) mass is 279 g/mol. The van der Waals surface area contributed by atoms with E-state index < -0.39 is 5.41 Å². The molecular formula is C15H21NO2S. The van der Waals surface area contributed by atoms with Gasteiger partial charge in [0.1, 0.15) is 0 Å². The third kappa shape index (κ3) is 3.19. The van der Waals surface area contributed by atoms with Gasteiger partial charge in [0.2, 0.25) is 0 Å². The van der Waals surface area contributed by atoms with Gasteiger partial charge >= 0.3 is 0 Å². The van der Waals surface area contributed by atoms with Gasteiger partial charge in [-0.15, -0.1) is 11.8 Å². The van der Waals surface area contributed by atoms with Crippen LogP contribution in [0.5, 0.6) is 0 Å². The topological polar surface area (TPSA) is 38.3 Å². The number of hydrogen-bond donors (Lipinski definition) is 1. The molecule has 1 N–H and O–H groups in total. The van der Waals surface area contributed by atoms with Crippen LogP contribution in [0.15, 0.2) is 29.2 Å². The molecule has 1 saturated heterocycles. The number of ether oxygens (including phenoxy) is 1. The van der Waals surface area contributed by atoms with E-state index in [1.54, 1.807) is 11.8 Å². The number of morpholine rings is 1. The van der Waals surface area contributed by atoms with Crippen molar-refractivity contribution in [1.29, 1.82) is 0 Å². The molecule has 104 valence electrons. The van der Waals surface area contributed by atoms with E-state index in [9.17, 15) is 4.79 Å². The first-order valence-corrected chi connectivity index (χ1v) is 7.79. The van der Waals surface area contributed by atoms with Crippen molar-refractivity contribution in [1.82, 2.24) is 5.32 Å². The quantitative estimate of drug-likeness (QED) is 0.679. The average Bonchev–Trinajstić information content (AvgIpc) is 2.47. The Morgan fingerprint density at radius 3 is 2.58 bits per heavy atom. The molecule has 0 amide bonds. The molecule has 2 rings (SSSR count). The van der Waals surface area contributed by atoms with E-state index in [1.807, 2.05) is 44.4 Å². The standard InChI is InChI=1S/C15H21NO2S/c1-15(2,13-10-16-8-9-18-13)14(17)11-4-6-12(19-3)7-5-11/h4-7,13,16H,8-10H2,1-3H3/t13-/m1/s1. The van der Waals surface area contributed by atoms with Crippen molar-refractivity contribution in [2.24, 2.45) is 5.41 Å². The maximum atomic E-state index is 12.7. The van der Waals surface area contributed by atoms with Crippen molar-refractivity contribution in [3.63, 3.8) is 0 Å². The molecule has 1 aliphatic rings. The highest BCUT2D eigenvalue weighted by Gasteiger charge is 2.38. The first-order chi connectivity index (χ1) is 9.05. The molecule has 1 aromatic carbocycles. The number of rotatable bonds is 4. The van der Waals surface area contributed by atoms with E-state index >= 15 is 0 Å². The first kappa shape index (κ1) is 14.6. The normalized spacial score (nSPS) is 20.3. The second-order valence-electron chi connectivity index (χ2n) is 5.34. The first-order valence-electron chi connectivity index (χ1n) is 6.57. The molecule has 0 radical (unpaired) electrons. The molecular weight excluding hydrogens is 258 g/mol. The molecule has 4 heteroatoms. The summed E-state index contributed by atoms with van der Waals surface area (Å²) in [6.45, 7) is 6.21. The van der Waals surface area contributed by atoms with Gasteiger partial charge in [-0.3, -0.25) is 4.79 Å².